The normalized spacial score (nSPS) is 15.5. The molecule has 1 aliphatic carbocycles. The van der Waals surface area contributed by atoms with Crippen LogP contribution in [0.2, 0.25) is 5.02 Å². The van der Waals surface area contributed by atoms with Crippen molar-refractivity contribution in [3.8, 4) is 5.75 Å². The summed E-state index contributed by atoms with van der Waals surface area (Å²) in [6, 6.07) is 4.69. The predicted molar refractivity (Wildman–Crippen MR) is 116 cm³/mol. The number of primary amides is 1. The topological polar surface area (TPSA) is 93.4 Å². The maximum atomic E-state index is 12.4. The van der Waals surface area contributed by atoms with Crippen LogP contribution in [0.1, 0.15) is 44.5 Å². The second-order valence-corrected chi connectivity index (χ2v) is 8.60. The molecule has 6 nitrogen and oxygen atoms in total. The van der Waals surface area contributed by atoms with Gasteiger partial charge in [-0.1, -0.05) is 18.5 Å². The van der Waals surface area contributed by atoms with Crippen LogP contribution in [0.3, 0.4) is 0 Å². The summed E-state index contributed by atoms with van der Waals surface area (Å²) in [6.07, 6.45) is 2.74. The largest absolute Gasteiger partial charge is 0.495 e. The highest BCUT2D eigenvalue weighted by atomic mass is 35.5. The Hall–Kier alpha value is -2.16. The molecule has 28 heavy (non-hydrogen) atoms. The van der Waals surface area contributed by atoms with Crippen LogP contribution in [0, 0.1) is 5.92 Å². The van der Waals surface area contributed by atoms with Gasteiger partial charge in [-0.05, 0) is 61.2 Å². The van der Waals surface area contributed by atoms with Crippen LogP contribution >= 0.6 is 35.2 Å². The molecule has 1 heterocycles. The summed E-state index contributed by atoms with van der Waals surface area (Å²) in [4.78, 5) is 25.6. The zero-order valence-corrected chi connectivity index (χ0v) is 17.8. The van der Waals surface area contributed by atoms with Gasteiger partial charge in [-0.15, -0.1) is 11.3 Å². The third-order valence-electron chi connectivity index (χ3n) is 4.63. The first kappa shape index (κ1) is 20.6. The number of thiophene rings is 1. The number of rotatable bonds is 4. The van der Waals surface area contributed by atoms with Crippen molar-refractivity contribution in [3.05, 3.63) is 44.8 Å². The van der Waals surface area contributed by atoms with E-state index in [2.05, 4.69) is 17.6 Å². The Balaban J connectivity index is 1.75. The molecular formula is C19H20ClN3O3S2. The lowest BCUT2D eigenvalue weighted by atomic mass is 9.88. The number of nitrogens with one attached hydrogen (secondary N) is 2. The molecule has 0 unspecified atom stereocenters. The summed E-state index contributed by atoms with van der Waals surface area (Å²) in [5, 5.41) is 6.55. The van der Waals surface area contributed by atoms with Crippen molar-refractivity contribution < 1.29 is 14.3 Å². The number of hydrogen-bond donors (Lipinski definition) is 3. The van der Waals surface area contributed by atoms with E-state index in [1.165, 1.54) is 24.5 Å². The summed E-state index contributed by atoms with van der Waals surface area (Å²) < 4.78 is 5.08. The first-order valence-electron chi connectivity index (χ1n) is 8.70. The molecule has 4 N–H and O–H groups in total. The number of carbonyl (C=O) groups excluding carboxylic acids is 2. The monoisotopic (exact) mass is 437 g/mol. The number of carbonyl (C=O) groups is 2. The standard InChI is InChI=1S/C19H20ClN3O3S2/c1-9-3-5-11-14(7-9)28-18(15(11)16(21)24)23-19(27)22-17(25)10-4-6-13(26-2)12(20)8-10/h4,6,8-9H,3,5,7H2,1-2H3,(H2,21,24)(H2,22,23,25,27)/t9-/m0/s1. The van der Waals surface area contributed by atoms with Gasteiger partial charge in [-0.2, -0.15) is 0 Å². The van der Waals surface area contributed by atoms with Gasteiger partial charge in [0.15, 0.2) is 5.11 Å². The van der Waals surface area contributed by atoms with Gasteiger partial charge in [-0.3, -0.25) is 14.9 Å². The van der Waals surface area contributed by atoms with Crippen molar-refractivity contribution in [2.24, 2.45) is 11.7 Å². The predicted octanol–water partition coefficient (Wildman–Crippen LogP) is 3.76. The number of benzene rings is 1. The number of nitrogens with two attached hydrogens (primary N) is 1. The molecule has 1 atom stereocenters. The fourth-order valence-corrected chi connectivity index (χ4v) is 5.15. The van der Waals surface area contributed by atoms with Crippen LogP contribution in [0.5, 0.6) is 5.75 Å². The second kappa shape index (κ2) is 8.46. The van der Waals surface area contributed by atoms with Crippen LogP contribution in [0.15, 0.2) is 18.2 Å². The van der Waals surface area contributed by atoms with E-state index in [0.29, 0.717) is 32.8 Å². The molecule has 2 aromatic rings. The molecule has 1 aromatic carbocycles. The van der Waals surface area contributed by atoms with E-state index in [1.54, 1.807) is 12.1 Å². The molecule has 1 aliphatic rings. The molecule has 9 heteroatoms. The number of thiocarbonyl (C=S) groups is 1. The number of amides is 2. The number of methoxy groups -OCH3 is 1. The fourth-order valence-electron chi connectivity index (χ4n) is 3.22. The van der Waals surface area contributed by atoms with Crippen LogP contribution in [-0.2, 0) is 12.8 Å². The van der Waals surface area contributed by atoms with E-state index in [0.717, 1.165) is 29.7 Å². The number of fused-ring (bicyclic) bond motifs is 1. The van der Waals surface area contributed by atoms with Crippen molar-refractivity contribution in [1.82, 2.24) is 5.32 Å². The zero-order valence-electron chi connectivity index (χ0n) is 15.4. The Labute approximate surface area is 177 Å². The molecule has 0 radical (unpaired) electrons. The van der Waals surface area contributed by atoms with Gasteiger partial charge in [0.05, 0.1) is 17.7 Å². The summed E-state index contributed by atoms with van der Waals surface area (Å²) in [7, 11) is 1.50. The highest BCUT2D eigenvalue weighted by Gasteiger charge is 2.27. The molecule has 0 aliphatic heterocycles. The Morgan fingerprint density at radius 1 is 1.39 bits per heavy atom. The maximum absolute atomic E-state index is 12.4. The Morgan fingerprint density at radius 3 is 2.79 bits per heavy atom. The SMILES string of the molecule is COc1ccc(C(=O)NC(=S)Nc2sc3c(c2C(N)=O)CC[C@H](C)C3)cc1Cl. The van der Waals surface area contributed by atoms with Crippen molar-refractivity contribution in [1.29, 1.82) is 0 Å². The summed E-state index contributed by atoms with van der Waals surface area (Å²) in [5.41, 5.74) is 7.40. The lowest BCUT2D eigenvalue weighted by Gasteiger charge is -2.18. The molecule has 148 valence electrons. The third-order valence-corrected chi connectivity index (χ3v) is 6.30. The van der Waals surface area contributed by atoms with Crippen LogP contribution in [0.4, 0.5) is 5.00 Å². The van der Waals surface area contributed by atoms with Crippen molar-refractivity contribution in [2.45, 2.75) is 26.2 Å². The first-order chi connectivity index (χ1) is 13.3. The van der Waals surface area contributed by atoms with Gasteiger partial charge in [0.1, 0.15) is 10.8 Å². The lowest BCUT2D eigenvalue weighted by molar-refractivity contribution is 0.0975. The Bertz CT molecular complexity index is 958. The summed E-state index contributed by atoms with van der Waals surface area (Å²) in [5.74, 6) is 0.123. The van der Waals surface area contributed by atoms with Crippen LogP contribution < -0.4 is 21.1 Å². The van der Waals surface area contributed by atoms with Crippen LogP contribution in [0.25, 0.3) is 0 Å². The molecule has 0 bridgehead atoms. The number of halogens is 1. The molecule has 2 amide bonds. The van der Waals surface area contributed by atoms with Crippen molar-refractivity contribution in [2.75, 3.05) is 12.4 Å². The summed E-state index contributed by atoms with van der Waals surface area (Å²) in [6.45, 7) is 2.19. The van der Waals surface area contributed by atoms with E-state index in [-0.39, 0.29) is 5.11 Å². The fraction of sp³-hybridized carbons (Fsp3) is 0.316. The lowest BCUT2D eigenvalue weighted by Crippen LogP contribution is -2.34. The van der Waals surface area contributed by atoms with Gasteiger partial charge < -0.3 is 15.8 Å². The Morgan fingerprint density at radius 2 is 2.14 bits per heavy atom. The van der Waals surface area contributed by atoms with Crippen molar-refractivity contribution in [3.63, 3.8) is 0 Å². The molecular weight excluding hydrogens is 418 g/mol. The van der Waals surface area contributed by atoms with Crippen LogP contribution in [-0.4, -0.2) is 24.0 Å². The maximum Gasteiger partial charge on any atom is 0.257 e. The minimum absolute atomic E-state index is 0.0890. The molecule has 1 aromatic heterocycles. The van der Waals surface area contributed by atoms with Crippen molar-refractivity contribution >= 4 is 57.1 Å². The molecule has 0 saturated carbocycles. The van der Waals surface area contributed by atoms with E-state index >= 15 is 0 Å². The smallest absolute Gasteiger partial charge is 0.257 e. The molecule has 0 spiro atoms. The minimum Gasteiger partial charge on any atom is -0.495 e. The number of anilines is 1. The number of ether oxygens (including phenoxy) is 1. The highest BCUT2D eigenvalue weighted by Crippen LogP contribution is 2.39. The third kappa shape index (κ3) is 4.29. The molecule has 0 fully saturated rings. The van der Waals surface area contributed by atoms with Gasteiger partial charge in [0.25, 0.3) is 11.8 Å². The molecule has 3 rings (SSSR count). The minimum atomic E-state index is -0.495. The van der Waals surface area contributed by atoms with Gasteiger partial charge in [-0.25, -0.2) is 0 Å². The van der Waals surface area contributed by atoms with E-state index < -0.39 is 11.8 Å². The van der Waals surface area contributed by atoms with Gasteiger partial charge in [0, 0.05) is 10.4 Å². The van der Waals surface area contributed by atoms with Gasteiger partial charge >= 0.3 is 0 Å². The van der Waals surface area contributed by atoms with E-state index in [9.17, 15) is 9.59 Å². The zero-order chi connectivity index (χ0) is 20.4. The molecule has 0 saturated heterocycles. The first-order valence-corrected chi connectivity index (χ1v) is 10.3. The quantitative estimate of drug-likeness (QED) is 0.633. The van der Waals surface area contributed by atoms with Gasteiger partial charge in [0.2, 0.25) is 0 Å². The second-order valence-electron chi connectivity index (χ2n) is 6.68. The average Bonchev–Trinajstić information content (AvgIpc) is 2.98. The van der Waals surface area contributed by atoms with E-state index in [4.69, 9.17) is 34.3 Å². The number of hydrogen-bond acceptors (Lipinski definition) is 5. The Kier molecular flexibility index (Phi) is 6.22. The van der Waals surface area contributed by atoms with E-state index in [1.807, 2.05) is 0 Å². The highest BCUT2D eigenvalue weighted by molar-refractivity contribution is 7.80. The summed E-state index contributed by atoms with van der Waals surface area (Å²) >= 11 is 12.8. The average molecular weight is 438 g/mol.